The van der Waals surface area contributed by atoms with Gasteiger partial charge in [0.15, 0.2) is 0 Å². The monoisotopic (exact) mass is 366 g/mol. The predicted molar refractivity (Wildman–Crippen MR) is 106 cm³/mol. The lowest BCUT2D eigenvalue weighted by Gasteiger charge is -2.16. The van der Waals surface area contributed by atoms with E-state index in [0.29, 0.717) is 12.2 Å². The average Bonchev–Trinajstić information content (AvgIpc) is 2.53. The molecule has 0 unspecified atom stereocenters. The van der Waals surface area contributed by atoms with Crippen LogP contribution in [0.15, 0.2) is 10.9 Å². The quantitative estimate of drug-likeness (QED) is 0.489. The molecule has 0 fully saturated rings. The summed E-state index contributed by atoms with van der Waals surface area (Å²) < 4.78 is 0. The summed E-state index contributed by atoms with van der Waals surface area (Å²) in [6.45, 7) is 5.47. The van der Waals surface area contributed by atoms with E-state index in [9.17, 15) is 9.59 Å². The maximum absolute atomic E-state index is 11.8. The van der Waals surface area contributed by atoms with Crippen molar-refractivity contribution in [3.8, 4) is 0 Å². The summed E-state index contributed by atoms with van der Waals surface area (Å²) in [4.78, 5) is 34.2. The second-order valence-electron chi connectivity index (χ2n) is 6.99. The molecule has 8 heteroatoms. The second kappa shape index (κ2) is 12.4. The van der Waals surface area contributed by atoms with E-state index in [1.165, 1.54) is 31.7 Å². The summed E-state index contributed by atoms with van der Waals surface area (Å²) >= 11 is 0. The molecule has 1 aromatic rings. The molecule has 0 radical (unpaired) electrons. The summed E-state index contributed by atoms with van der Waals surface area (Å²) in [6.07, 6.45) is 5.90. The number of anilines is 1. The van der Waals surface area contributed by atoms with Gasteiger partial charge in [-0.15, -0.1) is 0 Å². The zero-order valence-corrected chi connectivity index (χ0v) is 16.6. The molecule has 8 nitrogen and oxygen atoms in total. The molecule has 1 heterocycles. The molecule has 0 aliphatic heterocycles. The molecule has 0 spiro atoms. The largest absolute Gasteiger partial charge is 0.338 e. The molecule has 0 saturated heterocycles. The third kappa shape index (κ3) is 10.8. The van der Waals surface area contributed by atoms with Crippen molar-refractivity contribution in [3.63, 3.8) is 0 Å². The van der Waals surface area contributed by atoms with Crippen molar-refractivity contribution < 1.29 is 4.79 Å². The molecule has 148 valence electrons. The fraction of sp³-hybridized carbons (Fsp3) is 0.722. The predicted octanol–water partition coefficient (Wildman–Crippen LogP) is 1.64. The first-order chi connectivity index (χ1) is 12.4. The van der Waals surface area contributed by atoms with Crippen LogP contribution in [0, 0.1) is 6.92 Å². The Balaban J connectivity index is 2.06. The zero-order valence-electron chi connectivity index (χ0n) is 16.6. The molecular weight excluding hydrogens is 332 g/mol. The number of aromatic amines is 1. The van der Waals surface area contributed by atoms with E-state index in [0.717, 1.165) is 26.1 Å². The first kappa shape index (κ1) is 22.1. The van der Waals surface area contributed by atoms with Gasteiger partial charge in [0.1, 0.15) is 0 Å². The van der Waals surface area contributed by atoms with Gasteiger partial charge < -0.3 is 15.1 Å². The van der Waals surface area contributed by atoms with Crippen LogP contribution in [0.3, 0.4) is 0 Å². The van der Waals surface area contributed by atoms with Crippen LogP contribution in [0.25, 0.3) is 0 Å². The molecule has 0 aliphatic carbocycles. The molecule has 2 amide bonds. The minimum Gasteiger partial charge on any atom is -0.338 e. The summed E-state index contributed by atoms with van der Waals surface area (Å²) in [5.41, 5.74) is 0.281. The molecular formula is C18H34N6O2. The van der Waals surface area contributed by atoms with Gasteiger partial charge in [-0.1, -0.05) is 12.8 Å². The van der Waals surface area contributed by atoms with Crippen molar-refractivity contribution >= 4 is 12.0 Å². The van der Waals surface area contributed by atoms with Crippen molar-refractivity contribution in [2.24, 2.45) is 0 Å². The van der Waals surface area contributed by atoms with Gasteiger partial charge in [0, 0.05) is 18.3 Å². The number of carbonyl (C=O) groups is 1. The fourth-order valence-corrected chi connectivity index (χ4v) is 2.62. The minimum absolute atomic E-state index is 0.166. The SMILES string of the molecule is Cc1cc(=O)[nH]c(NC(=O)NCCCN(C)CCCCCCN(C)C)n1. The topological polar surface area (TPSA) is 93.4 Å². The summed E-state index contributed by atoms with van der Waals surface area (Å²) in [5, 5.41) is 5.32. The van der Waals surface area contributed by atoms with Crippen molar-refractivity contribution in [3.05, 3.63) is 22.1 Å². The maximum Gasteiger partial charge on any atom is 0.321 e. The molecule has 1 rings (SSSR count). The van der Waals surface area contributed by atoms with Crippen LogP contribution in [0.5, 0.6) is 0 Å². The Morgan fingerprint density at radius 1 is 1.08 bits per heavy atom. The lowest BCUT2D eigenvalue weighted by Crippen LogP contribution is -2.33. The smallest absolute Gasteiger partial charge is 0.321 e. The molecule has 1 aromatic heterocycles. The van der Waals surface area contributed by atoms with Crippen LogP contribution in [0.2, 0.25) is 0 Å². The number of unbranched alkanes of at least 4 members (excludes halogenated alkanes) is 3. The Kier molecular flexibility index (Phi) is 10.6. The van der Waals surface area contributed by atoms with Gasteiger partial charge in [0.25, 0.3) is 5.56 Å². The van der Waals surface area contributed by atoms with Gasteiger partial charge in [0.2, 0.25) is 5.95 Å². The van der Waals surface area contributed by atoms with Crippen LogP contribution in [0.1, 0.15) is 37.8 Å². The van der Waals surface area contributed by atoms with Gasteiger partial charge in [-0.2, -0.15) is 0 Å². The van der Waals surface area contributed by atoms with Gasteiger partial charge in [-0.3, -0.25) is 15.1 Å². The van der Waals surface area contributed by atoms with Crippen molar-refractivity contribution in [2.75, 3.05) is 52.6 Å². The highest BCUT2D eigenvalue weighted by molar-refractivity contribution is 5.87. The van der Waals surface area contributed by atoms with Gasteiger partial charge in [-0.25, -0.2) is 9.78 Å². The number of nitrogens with one attached hydrogen (secondary N) is 3. The van der Waals surface area contributed by atoms with Crippen LogP contribution in [-0.4, -0.2) is 73.1 Å². The number of nitrogens with zero attached hydrogens (tertiary/aromatic N) is 3. The lowest BCUT2D eigenvalue weighted by atomic mass is 10.2. The Morgan fingerprint density at radius 3 is 2.38 bits per heavy atom. The Morgan fingerprint density at radius 2 is 1.73 bits per heavy atom. The van der Waals surface area contributed by atoms with Crippen LogP contribution >= 0.6 is 0 Å². The maximum atomic E-state index is 11.8. The zero-order chi connectivity index (χ0) is 19.4. The number of aryl methyl sites for hydroxylation is 1. The number of H-pyrrole nitrogens is 1. The summed E-state index contributed by atoms with van der Waals surface area (Å²) in [7, 11) is 6.33. The van der Waals surface area contributed by atoms with Crippen molar-refractivity contribution in [1.82, 2.24) is 25.1 Å². The number of hydrogen-bond acceptors (Lipinski definition) is 5. The first-order valence-corrected chi connectivity index (χ1v) is 9.33. The number of urea groups is 1. The van der Waals surface area contributed by atoms with Gasteiger partial charge >= 0.3 is 6.03 Å². The number of amides is 2. The molecule has 0 bridgehead atoms. The number of rotatable bonds is 12. The lowest BCUT2D eigenvalue weighted by molar-refractivity contribution is 0.250. The number of carbonyl (C=O) groups excluding carboxylic acids is 1. The molecule has 0 saturated carbocycles. The van der Waals surface area contributed by atoms with E-state index in [4.69, 9.17) is 0 Å². The normalized spacial score (nSPS) is 11.2. The van der Waals surface area contributed by atoms with E-state index < -0.39 is 0 Å². The van der Waals surface area contributed by atoms with Crippen LogP contribution < -0.4 is 16.2 Å². The highest BCUT2D eigenvalue weighted by atomic mass is 16.2. The molecule has 0 atom stereocenters. The standard InChI is InChI=1S/C18H34N6O2/c1-15-14-16(25)21-17(20-15)22-18(26)19-10-9-13-24(4)12-8-6-5-7-11-23(2)3/h14H,5-13H2,1-4H3,(H3,19,20,21,22,25,26). The Labute approximate surface area is 156 Å². The van der Waals surface area contributed by atoms with E-state index in [-0.39, 0.29) is 17.5 Å². The second-order valence-corrected chi connectivity index (χ2v) is 6.99. The van der Waals surface area contributed by atoms with Crippen molar-refractivity contribution in [1.29, 1.82) is 0 Å². The third-order valence-corrected chi connectivity index (χ3v) is 4.00. The molecule has 0 aliphatic rings. The molecule has 0 aromatic carbocycles. The number of aromatic nitrogens is 2. The van der Waals surface area contributed by atoms with E-state index >= 15 is 0 Å². The number of hydrogen-bond donors (Lipinski definition) is 3. The van der Waals surface area contributed by atoms with E-state index in [1.54, 1.807) is 6.92 Å². The first-order valence-electron chi connectivity index (χ1n) is 9.33. The van der Waals surface area contributed by atoms with Gasteiger partial charge in [0.05, 0.1) is 0 Å². The Bertz CT molecular complexity index is 587. The summed E-state index contributed by atoms with van der Waals surface area (Å²) in [5.74, 6) is 0.166. The fourth-order valence-electron chi connectivity index (χ4n) is 2.62. The Hall–Kier alpha value is -1.93. The van der Waals surface area contributed by atoms with Crippen molar-refractivity contribution in [2.45, 2.75) is 39.0 Å². The average molecular weight is 367 g/mol. The van der Waals surface area contributed by atoms with Gasteiger partial charge in [-0.05, 0) is 67.0 Å². The van der Waals surface area contributed by atoms with E-state index in [2.05, 4.69) is 51.5 Å². The molecule has 3 N–H and O–H groups in total. The molecule has 26 heavy (non-hydrogen) atoms. The highest BCUT2D eigenvalue weighted by Crippen LogP contribution is 2.02. The van der Waals surface area contributed by atoms with Crippen LogP contribution in [0.4, 0.5) is 10.7 Å². The third-order valence-electron chi connectivity index (χ3n) is 4.00. The minimum atomic E-state index is -0.359. The van der Waals surface area contributed by atoms with E-state index in [1.807, 2.05) is 0 Å². The van der Waals surface area contributed by atoms with Crippen LogP contribution in [-0.2, 0) is 0 Å². The highest BCUT2D eigenvalue weighted by Gasteiger charge is 2.04. The summed E-state index contributed by atoms with van der Waals surface area (Å²) in [6, 6.07) is 1.02.